The van der Waals surface area contributed by atoms with Crippen LogP contribution in [-0.2, 0) is 21.0 Å². The number of carbonyl (C=O) groups excluding carboxylic acids is 1. The van der Waals surface area contributed by atoms with Gasteiger partial charge in [-0.25, -0.2) is 0 Å². The highest BCUT2D eigenvalue weighted by molar-refractivity contribution is 5.93. The summed E-state index contributed by atoms with van der Waals surface area (Å²) in [4.78, 5) is 10.4. The average molecular weight is 248 g/mol. The molecule has 0 aliphatic carbocycles. The third-order valence-corrected chi connectivity index (χ3v) is 2.93. The average Bonchev–Trinajstić information content (AvgIpc) is 2.70. The molecule has 2 aromatic rings. The van der Waals surface area contributed by atoms with Crippen LogP contribution < -0.4 is 5.73 Å². The first kappa shape index (κ1) is 12.4. The number of methoxy groups -OCH3 is 1. The van der Waals surface area contributed by atoms with Crippen molar-refractivity contribution in [3.05, 3.63) is 30.0 Å². The van der Waals surface area contributed by atoms with Crippen molar-refractivity contribution < 1.29 is 14.3 Å². The Morgan fingerprint density at radius 1 is 1.50 bits per heavy atom. The molecule has 18 heavy (non-hydrogen) atoms. The van der Waals surface area contributed by atoms with Crippen LogP contribution in [0.3, 0.4) is 0 Å². The lowest BCUT2D eigenvalue weighted by molar-refractivity contribution is -0.133. The summed E-state index contributed by atoms with van der Waals surface area (Å²) in [6.07, 6.45) is 1.59. The second-order valence-corrected chi connectivity index (χ2v) is 4.09. The van der Waals surface area contributed by atoms with Crippen LogP contribution in [0.25, 0.3) is 10.9 Å². The second kappa shape index (κ2) is 5.10. The molecule has 0 bridgehead atoms. The van der Waals surface area contributed by atoms with E-state index in [4.69, 9.17) is 15.2 Å². The zero-order valence-corrected chi connectivity index (χ0v) is 10.4. The molecule has 96 valence electrons. The van der Waals surface area contributed by atoms with Crippen molar-refractivity contribution in [2.24, 2.45) is 0 Å². The molecular weight excluding hydrogens is 232 g/mol. The fourth-order valence-corrected chi connectivity index (χ4v) is 2.14. The number of nitrogens with two attached hydrogens (primary N) is 1. The zero-order chi connectivity index (χ0) is 13.1. The molecule has 1 atom stereocenters. The summed E-state index contributed by atoms with van der Waals surface area (Å²) in [5.41, 5.74) is 8.48. The van der Waals surface area contributed by atoms with Gasteiger partial charge < -0.3 is 19.8 Å². The molecule has 0 fully saturated rings. The Morgan fingerprint density at radius 2 is 2.28 bits per heavy atom. The van der Waals surface area contributed by atoms with E-state index in [1.807, 2.05) is 35.9 Å². The topological polar surface area (TPSA) is 66.5 Å². The van der Waals surface area contributed by atoms with Crippen LogP contribution in [0.2, 0.25) is 0 Å². The van der Waals surface area contributed by atoms with Crippen molar-refractivity contribution in [3.8, 4) is 0 Å². The maximum absolute atomic E-state index is 10.4. The third-order valence-electron chi connectivity index (χ3n) is 2.93. The van der Waals surface area contributed by atoms with Crippen LogP contribution >= 0.6 is 0 Å². The summed E-state index contributed by atoms with van der Waals surface area (Å²) in [7, 11) is 1.62. The first-order chi connectivity index (χ1) is 8.69. The van der Waals surface area contributed by atoms with E-state index in [0.29, 0.717) is 18.9 Å². The molecule has 1 heterocycles. The Kier molecular flexibility index (Phi) is 3.53. The number of fused-ring (bicyclic) bond motifs is 1. The van der Waals surface area contributed by atoms with Gasteiger partial charge in [-0.3, -0.25) is 4.79 Å². The predicted molar refractivity (Wildman–Crippen MR) is 68.9 cm³/mol. The summed E-state index contributed by atoms with van der Waals surface area (Å²) in [6, 6.07) is 5.67. The molecule has 1 unspecified atom stereocenters. The van der Waals surface area contributed by atoms with Gasteiger partial charge in [-0.1, -0.05) is 12.1 Å². The van der Waals surface area contributed by atoms with Crippen LogP contribution in [0.1, 0.15) is 18.6 Å². The van der Waals surface area contributed by atoms with E-state index in [9.17, 15) is 4.79 Å². The Bertz CT molecular complexity index is 563. The molecule has 0 spiro atoms. The normalized spacial score (nSPS) is 12.6. The third kappa shape index (κ3) is 2.04. The Morgan fingerprint density at radius 3 is 2.94 bits per heavy atom. The number of hydrogen-bond acceptors (Lipinski definition) is 4. The molecular formula is C13H16N2O3. The van der Waals surface area contributed by atoms with Crippen LogP contribution in [0.4, 0.5) is 5.69 Å². The maximum atomic E-state index is 10.4. The molecule has 0 saturated heterocycles. The predicted octanol–water partition coefficient (Wildman–Crippen LogP) is 2.06. The van der Waals surface area contributed by atoms with Crippen LogP contribution in [0, 0.1) is 0 Å². The van der Waals surface area contributed by atoms with Gasteiger partial charge in [-0.2, -0.15) is 0 Å². The number of carbonyl (C=O) groups is 1. The van der Waals surface area contributed by atoms with Crippen molar-refractivity contribution in [1.82, 2.24) is 4.57 Å². The summed E-state index contributed by atoms with van der Waals surface area (Å²) in [6.45, 7) is 2.68. The van der Waals surface area contributed by atoms with Crippen LogP contribution in [0.15, 0.2) is 24.4 Å². The standard InChI is InChI=1S/C13H16N2O3/c1-9(18-8-16)11-6-15(7-17-2)13-10(11)4-3-5-12(13)14/h3-6,8-9H,7,14H2,1-2H3. The number of benzene rings is 1. The Balaban J connectivity index is 2.60. The molecule has 0 amide bonds. The fourth-order valence-electron chi connectivity index (χ4n) is 2.14. The van der Waals surface area contributed by atoms with Gasteiger partial charge in [-0.05, 0) is 13.0 Å². The highest BCUT2D eigenvalue weighted by atomic mass is 16.5. The fraction of sp³-hybridized carbons (Fsp3) is 0.308. The molecule has 0 saturated carbocycles. The number of ether oxygens (including phenoxy) is 2. The van der Waals surface area contributed by atoms with Gasteiger partial charge in [0, 0.05) is 24.3 Å². The summed E-state index contributed by atoms with van der Waals surface area (Å²) >= 11 is 0. The quantitative estimate of drug-likeness (QED) is 0.649. The molecule has 0 radical (unpaired) electrons. The van der Waals surface area contributed by atoms with Gasteiger partial charge >= 0.3 is 0 Å². The highest BCUT2D eigenvalue weighted by Gasteiger charge is 2.16. The second-order valence-electron chi connectivity index (χ2n) is 4.09. The number of nitrogens with zero attached hydrogens (tertiary/aromatic N) is 1. The highest BCUT2D eigenvalue weighted by Crippen LogP contribution is 2.31. The molecule has 0 aliphatic rings. The number of para-hydroxylation sites is 1. The smallest absolute Gasteiger partial charge is 0.293 e. The molecule has 1 aromatic carbocycles. The monoisotopic (exact) mass is 248 g/mol. The molecule has 5 nitrogen and oxygen atoms in total. The van der Waals surface area contributed by atoms with Crippen molar-refractivity contribution >= 4 is 23.1 Å². The lowest BCUT2D eigenvalue weighted by Gasteiger charge is -2.07. The lowest BCUT2D eigenvalue weighted by Crippen LogP contribution is -2.00. The number of aromatic nitrogens is 1. The van der Waals surface area contributed by atoms with E-state index in [0.717, 1.165) is 16.5 Å². The molecule has 0 aliphatic heterocycles. The van der Waals surface area contributed by atoms with E-state index >= 15 is 0 Å². The number of anilines is 1. The van der Waals surface area contributed by atoms with Crippen molar-refractivity contribution in [2.45, 2.75) is 19.8 Å². The number of rotatable bonds is 5. The molecule has 1 aromatic heterocycles. The Hall–Kier alpha value is -2.01. The van der Waals surface area contributed by atoms with E-state index in [1.165, 1.54) is 0 Å². The zero-order valence-electron chi connectivity index (χ0n) is 10.4. The summed E-state index contributed by atoms with van der Waals surface area (Å²) in [5, 5.41) is 0.974. The largest absolute Gasteiger partial charge is 0.460 e. The first-order valence-electron chi connectivity index (χ1n) is 5.64. The maximum Gasteiger partial charge on any atom is 0.293 e. The van der Waals surface area contributed by atoms with Gasteiger partial charge in [-0.15, -0.1) is 0 Å². The van der Waals surface area contributed by atoms with Gasteiger partial charge in [0.2, 0.25) is 0 Å². The van der Waals surface area contributed by atoms with E-state index in [2.05, 4.69) is 0 Å². The molecule has 2 rings (SSSR count). The van der Waals surface area contributed by atoms with Gasteiger partial charge in [0.15, 0.2) is 0 Å². The van der Waals surface area contributed by atoms with E-state index in [1.54, 1.807) is 7.11 Å². The molecule has 5 heteroatoms. The minimum Gasteiger partial charge on any atom is -0.460 e. The SMILES string of the molecule is COCn1cc(C(C)OC=O)c2cccc(N)c21. The lowest BCUT2D eigenvalue weighted by atomic mass is 10.1. The van der Waals surface area contributed by atoms with Gasteiger partial charge in [0.05, 0.1) is 11.2 Å². The Labute approximate surface area is 105 Å². The van der Waals surface area contributed by atoms with E-state index in [-0.39, 0.29) is 6.10 Å². The van der Waals surface area contributed by atoms with E-state index < -0.39 is 0 Å². The van der Waals surface area contributed by atoms with Crippen molar-refractivity contribution in [3.63, 3.8) is 0 Å². The van der Waals surface area contributed by atoms with Gasteiger partial charge in [0.25, 0.3) is 6.47 Å². The number of nitrogen functional groups attached to an aromatic ring is 1. The minimum atomic E-state index is -0.315. The van der Waals surface area contributed by atoms with Crippen molar-refractivity contribution in [1.29, 1.82) is 0 Å². The van der Waals surface area contributed by atoms with Gasteiger partial charge in [0.1, 0.15) is 12.8 Å². The first-order valence-corrected chi connectivity index (χ1v) is 5.64. The molecule has 2 N–H and O–H groups in total. The summed E-state index contributed by atoms with van der Waals surface area (Å²) < 4.78 is 12.0. The number of hydrogen-bond donors (Lipinski definition) is 1. The van der Waals surface area contributed by atoms with Crippen molar-refractivity contribution in [2.75, 3.05) is 12.8 Å². The minimum absolute atomic E-state index is 0.315. The van der Waals surface area contributed by atoms with Crippen LogP contribution in [0.5, 0.6) is 0 Å². The van der Waals surface area contributed by atoms with Crippen LogP contribution in [-0.4, -0.2) is 18.1 Å². The summed E-state index contributed by atoms with van der Waals surface area (Å²) in [5.74, 6) is 0.